The summed E-state index contributed by atoms with van der Waals surface area (Å²) in [6.45, 7) is 7.24. The van der Waals surface area contributed by atoms with Gasteiger partial charge >= 0.3 is 0 Å². The lowest BCUT2D eigenvalue weighted by Gasteiger charge is -2.37. The van der Waals surface area contributed by atoms with Gasteiger partial charge in [-0.15, -0.1) is 0 Å². The van der Waals surface area contributed by atoms with E-state index >= 15 is 0 Å². The summed E-state index contributed by atoms with van der Waals surface area (Å²) in [4.78, 5) is 43.9. The van der Waals surface area contributed by atoms with Crippen LogP contribution in [0.4, 0.5) is 11.4 Å². The Bertz CT molecular complexity index is 1140. The van der Waals surface area contributed by atoms with E-state index in [1.54, 1.807) is 6.07 Å². The fourth-order valence-corrected chi connectivity index (χ4v) is 5.02. The zero-order valence-electron chi connectivity index (χ0n) is 20.5. The summed E-state index contributed by atoms with van der Waals surface area (Å²) in [6, 6.07) is 12.4. The third-order valence-electron chi connectivity index (χ3n) is 6.69. The molecule has 2 heterocycles. The molecule has 3 N–H and O–H groups in total. The standard InChI is InChI=1S/C26H32ClN5O4/c1-17-4-3-5-20(12-17)31-8-10-32(11-9-31)25(35)16-30-14-21(23(15-30)28-18(2)33)26(36)29-19-6-7-24(34)22(27)13-19/h3-7,12-13,21,23,34H,8-11,14-16H2,1-2H3,(H,28,33)(H,29,36)/t21-,23-/m0/s1. The molecule has 10 heteroatoms. The van der Waals surface area contributed by atoms with Crippen LogP contribution < -0.4 is 15.5 Å². The van der Waals surface area contributed by atoms with Gasteiger partial charge in [0.2, 0.25) is 17.7 Å². The average molecular weight is 514 g/mol. The molecule has 0 bridgehead atoms. The maximum atomic E-state index is 13.1. The minimum atomic E-state index is -0.535. The summed E-state index contributed by atoms with van der Waals surface area (Å²) in [7, 11) is 0. The molecule has 192 valence electrons. The second-order valence-corrected chi connectivity index (χ2v) is 9.88. The molecule has 2 aliphatic rings. The maximum Gasteiger partial charge on any atom is 0.236 e. The molecular formula is C26H32ClN5O4. The van der Waals surface area contributed by atoms with Crippen molar-refractivity contribution in [2.24, 2.45) is 5.92 Å². The minimum absolute atomic E-state index is 0.0202. The highest BCUT2D eigenvalue weighted by atomic mass is 35.5. The van der Waals surface area contributed by atoms with Gasteiger partial charge in [-0.3, -0.25) is 19.3 Å². The van der Waals surface area contributed by atoms with Crippen LogP contribution in [0.15, 0.2) is 42.5 Å². The lowest BCUT2D eigenvalue weighted by Crippen LogP contribution is -2.51. The SMILES string of the molecule is CC(=O)N[C@H]1CN(CC(=O)N2CCN(c3cccc(C)c3)CC2)C[C@@H]1C(=O)Nc1ccc(O)c(Cl)c1. The Morgan fingerprint density at radius 3 is 2.47 bits per heavy atom. The van der Waals surface area contributed by atoms with Gasteiger partial charge in [0.05, 0.1) is 23.5 Å². The molecule has 2 aromatic rings. The molecule has 0 unspecified atom stereocenters. The molecule has 36 heavy (non-hydrogen) atoms. The summed E-state index contributed by atoms with van der Waals surface area (Å²) in [5.74, 6) is -1.10. The fourth-order valence-electron chi connectivity index (χ4n) is 4.84. The second-order valence-electron chi connectivity index (χ2n) is 9.47. The number of anilines is 2. The van der Waals surface area contributed by atoms with Crippen LogP contribution in [0.3, 0.4) is 0 Å². The van der Waals surface area contributed by atoms with Crippen LogP contribution in [0.5, 0.6) is 5.75 Å². The fraction of sp³-hybridized carbons (Fsp3) is 0.423. The van der Waals surface area contributed by atoms with Crippen LogP contribution in [-0.2, 0) is 14.4 Å². The Labute approximate surface area is 216 Å². The van der Waals surface area contributed by atoms with Crippen LogP contribution in [0, 0.1) is 12.8 Å². The molecule has 0 aromatic heterocycles. The number of phenolic OH excluding ortho intramolecular Hbond substituents is 1. The molecule has 2 aromatic carbocycles. The highest BCUT2D eigenvalue weighted by molar-refractivity contribution is 6.32. The molecule has 2 saturated heterocycles. The van der Waals surface area contributed by atoms with E-state index in [1.807, 2.05) is 15.9 Å². The van der Waals surface area contributed by atoms with Crippen LogP contribution >= 0.6 is 11.6 Å². The van der Waals surface area contributed by atoms with Gasteiger partial charge in [0.15, 0.2) is 0 Å². The summed E-state index contributed by atoms with van der Waals surface area (Å²) < 4.78 is 0. The van der Waals surface area contributed by atoms with Gasteiger partial charge in [-0.25, -0.2) is 0 Å². The number of rotatable bonds is 6. The van der Waals surface area contributed by atoms with E-state index in [0.717, 1.165) is 13.1 Å². The molecule has 0 spiro atoms. The van der Waals surface area contributed by atoms with Gasteiger partial charge < -0.3 is 25.5 Å². The number of carbonyl (C=O) groups excluding carboxylic acids is 3. The number of likely N-dealkylation sites (tertiary alicyclic amines) is 1. The Morgan fingerprint density at radius 2 is 1.81 bits per heavy atom. The van der Waals surface area contributed by atoms with Crippen LogP contribution in [0.2, 0.25) is 5.02 Å². The molecule has 2 atom stereocenters. The lowest BCUT2D eigenvalue weighted by molar-refractivity contribution is -0.132. The number of aryl methyl sites for hydroxylation is 1. The zero-order valence-corrected chi connectivity index (χ0v) is 21.3. The van der Waals surface area contributed by atoms with Crippen molar-refractivity contribution in [1.29, 1.82) is 0 Å². The van der Waals surface area contributed by atoms with Crippen molar-refractivity contribution < 1.29 is 19.5 Å². The largest absolute Gasteiger partial charge is 0.506 e. The van der Waals surface area contributed by atoms with Gasteiger partial charge in [0, 0.05) is 57.6 Å². The van der Waals surface area contributed by atoms with Gasteiger partial charge in [-0.1, -0.05) is 23.7 Å². The number of nitrogens with one attached hydrogen (secondary N) is 2. The number of aromatic hydroxyl groups is 1. The van der Waals surface area contributed by atoms with Crippen LogP contribution in [0.25, 0.3) is 0 Å². The van der Waals surface area contributed by atoms with E-state index in [4.69, 9.17) is 11.6 Å². The van der Waals surface area contributed by atoms with Crippen molar-refractivity contribution in [2.75, 3.05) is 56.0 Å². The molecule has 0 saturated carbocycles. The maximum absolute atomic E-state index is 13.1. The second kappa shape index (κ2) is 11.2. The molecule has 2 aliphatic heterocycles. The minimum Gasteiger partial charge on any atom is -0.506 e. The molecule has 3 amide bonds. The molecule has 0 aliphatic carbocycles. The molecule has 4 rings (SSSR count). The first-order valence-corrected chi connectivity index (χ1v) is 12.5. The summed E-state index contributed by atoms with van der Waals surface area (Å²) >= 11 is 5.95. The Morgan fingerprint density at radius 1 is 1.06 bits per heavy atom. The van der Waals surface area contributed by atoms with E-state index in [1.165, 1.54) is 30.3 Å². The first-order chi connectivity index (χ1) is 17.2. The Balaban J connectivity index is 1.34. The van der Waals surface area contributed by atoms with Crippen LogP contribution in [0.1, 0.15) is 12.5 Å². The van der Waals surface area contributed by atoms with E-state index in [2.05, 4.69) is 40.7 Å². The van der Waals surface area contributed by atoms with Gasteiger partial charge in [-0.2, -0.15) is 0 Å². The molecular weight excluding hydrogens is 482 g/mol. The van der Waals surface area contributed by atoms with E-state index in [-0.39, 0.29) is 35.0 Å². The normalized spacial score (nSPS) is 20.3. The number of phenols is 1. The van der Waals surface area contributed by atoms with Crippen LogP contribution in [-0.4, -0.2) is 84.5 Å². The molecule has 9 nitrogen and oxygen atoms in total. The number of piperazine rings is 1. The number of amides is 3. The highest BCUT2D eigenvalue weighted by Crippen LogP contribution is 2.27. The molecule has 0 radical (unpaired) electrons. The quantitative estimate of drug-likeness (QED) is 0.511. The summed E-state index contributed by atoms with van der Waals surface area (Å²) in [5.41, 5.74) is 2.83. The van der Waals surface area contributed by atoms with E-state index < -0.39 is 12.0 Å². The van der Waals surface area contributed by atoms with Gasteiger partial charge in [0.25, 0.3) is 0 Å². The third kappa shape index (κ3) is 6.27. The highest BCUT2D eigenvalue weighted by Gasteiger charge is 2.39. The Hall–Kier alpha value is -3.30. The first-order valence-electron chi connectivity index (χ1n) is 12.1. The van der Waals surface area contributed by atoms with Gasteiger partial charge in [0.1, 0.15) is 5.75 Å². The van der Waals surface area contributed by atoms with Crippen molar-refractivity contribution in [3.05, 3.63) is 53.1 Å². The number of hydrogen-bond acceptors (Lipinski definition) is 6. The molecule has 2 fully saturated rings. The van der Waals surface area contributed by atoms with Crippen molar-refractivity contribution in [2.45, 2.75) is 19.9 Å². The number of carbonyl (C=O) groups is 3. The number of halogens is 1. The number of benzene rings is 2. The smallest absolute Gasteiger partial charge is 0.236 e. The van der Waals surface area contributed by atoms with E-state index in [0.29, 0.717) is 31.9 Å². The van der Waals surface area contributed by atoms with Gasteiger partial charge in [-0.05, 0) is 42.8 Å². The van der Waals surface area contributed by atoms with Crippen molar-refractivity contribution in [1.82, 2.24) is 15.1 Å². The monoisotopic (exact) mass is 513 g/mol. The number of nitrogens with zero attached hydrogens (tertiary/aromatic N) is 3. The topological polar surface area (TPSA) is 105 Å². The predicted molar refractivity (Wildman–Crippen MR) is 139 cm³/mol. The van der Waals surface area contributed by atoms with Crippen molar-refractivity contribution in [3.63, 3.8) is 0 Å². The summed E-state index contributed by atoms with van der Waals surface area (Å²) in [5, 5.41) is 15.4. The van der Waals surface area contributed by atoms with E-state index in [9.17, 15) is 19.5 Å². The zero-order chi connectivity index (χ0) is 25.8. The number of hydrogen-bond donors (Lipinski definition) is 3. The Kier molecular flexibility index (Phi) is 8.01. The lowest BCUT2D eigenvalue weighted by atomic mass is 10.0. The predicted octanol–water partition coefficient (Wildman–Crippen LogP) is 2.08. The van der Waals surface area contributed by atoms with Crippen molar-refractivity contribution in [3.8, 4) is 5.75 Å². The first kappa shape index (κ1) is 25.8. The summed E-state index contributed by atoms with van der Waals surface area (Å²) in [6.07, 6.45) is 0. The third-order valence-corrected chi connectivity index (χ3v) is 7.00. The van der Waals surface area contributed by atoms with Crippen molar-refractivity contribution >= 4 is 40.7 Å². The average Bonchev–Trinajstić information content (AvgIpc) is 3.23.